The van der Waals surface area contributed by atoms with Crippen molar-refractivity contribution >= 4 is 23.2 Å². The lowest BCUT2D eigenvalue weighted by molar-refractivity contribution is -0.136. The predicted octanol–water partition coefficient (Wildman–Crippen LogP) is 3.69. The van der Waals surface area contributed by atoms with Gasteiger partial charge in [-0.15, -0.1) is 11.3 Å². The molecule has 1 saturated carbocycles. The lowest BCUT2D eigenvalue weighted by Gasteiger charge is -2.19. The minimum atomic E-state index is -1.02. The number of nitrogens with zero attached hydrogens (tertiary/aromatic N) is 1. The number of aromatic nitrogens is 1. The van der Waals surface area contributed by atoms with Crippen LogP contribution in [0, 0.1) is 6.92 Å². The minimum Gasteiger partial charge on any atom is -0.481 e. The van der Waals surface area contributed by atoms with Gasteiger partial charge in [-0.25, -0.2) is 4.98 Å². The van der Waals surface area contributed by atoms with E-state index in [1.165, 1.54) is 44.1 Å². The third kappa shape index (κ3) is 4.52. The summed E-state index contributed by atoms with van der Waals surface area (Å²) >= 11 is 1.65. The number of aliphatic carboxylic acids is 1. The fourth-order valence-electron chi connectivity index (χ4n) is 3.47. The molecule has 0 radical (unpaired) electrons. The number of thiazole rings is 1. The molecule has 1 fully saturated rings. The molecule has 2 aromatic heterocycles. The zero-order valence-electron chi connectivity index (χ0n) is 14.9. The summed E-state index contributed by atoms with van der Waals surface area (Å²) in [5, 5.41) is 14.9. The molecule has 2 aromatic rings. The first-order chi connectivity index (χ1) is 12.5. The van der Waals surface area contributed by atoms with Gasteiger partial charge >= 0.3 is 5.97 Å². The van der Waals surface area contributed by atoms with Gasteiger partial charge in [-0.1, -0.05) is 19.3 Å². The van der Waals surface area contributed by atoms with E-state index in [-0.39, 0.29) is 18.1 Å². The van der Waals surface area contributed by atoms with E-state index in [1.807, 2.05) is 0 Å². The van der Waals surface area contributed by atoms with Crippen LogP contribution in [0.15, 0.2) is 16.1 Å². The Balaban J connectivity index is 1.53. The number of amides is 1. The quantitative estimate of drug-likeness (QED) is 0.769. The second-order valence-electron chi connectivity index (χ2n) is 6.79. The van der Waals surface area contributed by atoms with E-state index in [4.69, 9.17) is 14.5 Å². The second kappa shape index (κ2) is 8.49. The zero-order chi connectivity index (χ0) is 18.5. The van der Waals surface area contributed by atoms with E-state index >= 15 is 0 Å². The summed E-state index contributed by atoms with van der Waals surface area (Å²) in [6.07, 6.45) is 8.16. The van der Waals surface area contributed by atoms with Crippen molar-refractivity contribution in [3.63, 3.8) is 0 Å². The Hall–Kier alpha value is -2.15. The Morgan fingerprint density at radius 2 is 2.12 bits per heavy atom. The van der Waals surface area contributed by atoms with Crippen LogP contribution in [0.2, 0.25) is 0 Å². The van der Waals surface area contributed by atoms with Gasteiger partial charge in [-0.05, 0) is 19.8 Å². The van der Waals surface area contributed by atoms with Crippen molar-refractivity contribution < 1.29 is 19.1 Å². The first kappa shape index (κ1) is 18.6. The van der Waals surface area contributed by atoms with Crippen molar-refractivity contribution in [1.82, 2.24) is 10.3 Å². The van der Waals surface area contributed by atoms with Gasteiger partial charge in [-0.3, -0.25) is 9.59 Å². The third-order valence-electron chi connectivity index (χ3n) is 4.81. The number of hydrogen-bond acceptors (Lipinski definition) is 5. The molecule has 1 aliphatic carbocycles. The Morgan fingerprint density at radius 3 is 2.85 bits per heavy atom. The Labute approximate surface area is 156 Å². The van der Waals surface area contributed by atoms with Crippen LogP contribution in [0.5, 0.6) is 0 Å². The van der Waals surface area contributed by atoms with Crippen LogP contribution in [0.3, 0.4) is 0 Å². The maximum absolute atomic E-state index is 12.4. The molecule has 0 saturated heterocycles. The molecule has 2 N–H and O–H groups in total. The third-order valence-corrected chi connectivity index (χ3v) is 5.73. The number of carbonyl (C=O) groups is 2. The fraction of sp³-hybridized carbons (Fsp3) is 0.526. The van der Waals surface area contributed by atoms with Gasteiger partial charge in [-0.2, -0.15) is 0 Å². The summed E-state index contributed by atoms with van der Waals surface area (Å²) in [7, 11) is 0. The van der Waals surface area contributed by atoms with E-state index < -0.39 is 5.97 Å². The van der Waals surface area contributed by atoms with Crippen molar-refractivity contribution in [2.24, 2.45) is 0 Å². The van der Waals surface area contributed by atoms with Gasteiger partial charge in [0, 0.05) is 29.8 Å². The first-order valence-corrected chi connectivity index (χ1v) is 9.94. The van der Waals surface area contributed by atoms with Crippen LogP contribution in [-0.2, 0) is 17.6 Å². The topological polar surface area (TPSA) is 92.4 Å². The lowest BCUT2D eigenvalue weighted by Crippen LogP contribution is -2.27. The van der Waals surface area contributed by atoms with Crippen LogP contribution in [0.4, 0.5) is 0 Å². The van der Waals surface area contributed by atoms with E-state index in [9.17, 15) is 9.59 Å². The first-order valence-electron chi connectivity index (χ1n) is 9.06. The van der Waals surface area contributed by atoms with Gasteiger partial charge in [0.25, 0.3) is 5.91 Å². The maximum Gasteiger partial charge on any atom is 0.311 e. The summed E-state index contributed by atoms with van der Waals surface area (Å²) in [5.74, 6) is -0.528. The van der Waals surface area contributed by atoms with E-state index in [0.29, 0.717) is 30.0 Å². The molecule has 26 heavy (non-hydrogen) atoms. The number of hydrogen-bond donors (Lipinski definition) is 2. The number of rotatable bonds is 7. The molecule has 1 aliphatic rings. The Morgan fingerprint density at radius 1 is 1.35 bits per heavy atom. The predicted molar refractivity (Wildman–Crippen MR) is 98.8 cm³/mol. The number of aryl methyl sites for hydroxylation is 1. The summed E-state index contributed by atoms with van der Waals surface area (Å²) in [5.41, 5.74) is 2.17. The van der Waals surface area contributed by atoms with Crippen molar-refractivity contribution in [2.75, 3.05) is 6.54 Å². The molecule has 0 aliphatic heterocycles. The van der Waals surface area contributed by atoms with Gasteiger partial charge in [0.1, 0.15) is 12.2 Å². The minimum absolute atomic E-state index is 0.196. The fourth-order valence-corrected chi connectivity index (χ4v) is 4.35. The molecule has 6 nitrogen and oxygen atoms in total. The molecule has 7 heteroatoms. The molecule has 3 rings (SSSR count). The molecule has 2 heterocycles. The zero-order valence-corrected chi connectivity index (χ0v) is 15.7. The highest BCUT2D eigenvalue weighted by atomic mass is 32.1. The SMILES string of the molecule is Cc1coc(CC(=O)O)c1C(=O)NCCc1nc(C2CCCCC2)cs1. The summed E-state index contributed by atoms with van der Waals surface area (Å²) in [6, 6.07) is 0. The molecule has 140 valence electrons. The number of nitrogens with one attached hydrogen (secondary N) is 1. The van der Waals surface area contributed by atoms with E-state index in [0.717, 1.165) is 5.01 Å². The maximum atomic E-state index is 12.4. The standard InChI is InChI=1S/C19H24N2O4S/c1-12-10-25-15(9-17(22)23)18(12)19(24)20-8-7-16-21-14(11-26-16)13-5-3-2-4-6-13/h10-11,13H,2-9H2,1H3,(H,20,24)(H,22,23). The van der Waals surface area contributed by atoms with E-state index in [1.54, 1.807) is 18.3 Å². The normalized spacial score (nSPS) is 15.1. The van der Waals surface area contributed by atoms with Crippen molar-refractivity contribution in [3.05, 3.63) is 39.2 Å². The Bertz CT molecular complexity index is 774. The molecule has 0 atom stereocenters. The average molecular weight is 376 g/mol. The van der Waals surface area contributed by atoms with Gasteiger partial charge < -0.3 is 14.8 Å². The van der Waals surface area contributed by atoms with Crippen molar-refractivity contribution in [1.29, 1.82) is 0 Å². The Kier molecular flexibility index (Phi) is 6.08. The smallest absolute Gasteiger partial charge is 0.311 e. The van der Waals surface area contributed by atoms with Crippen LogP contribution >= 0.6 is 11.3 Å². The highest BCUT2D eigenvalue weighted by Crippen LogP contribution is 2.33. The lowest BCUT2D eigenvalue weighted by atomic mass is 9.87. The number of furan rings is 1. The molecular formula is C19H24N2O4S. The van der Waals surface area contributed by atoms with E-state index in [2.05, 4.69) is 10.7 Å². The largest absolute Gasteiger partial charge is 0.481 e. The van der Waals surface area contributed by atoms with Crippen molar-refractivity contribution in [2.45, 2.75) is 57.8 Å². The van der Waals surface area contributed by atoms with Gasteiger partial charge in [0.15, 0.2) is 0 Å². The highest BCUT2D eigenvalue weighted by molar-refractivity contribution is 7.09. The molecule has 1 amide bonds. The van der Waals surface area contributed by atoms with Crippen LogP contribution in [0.1, 0.15) is 70.4 Å². The molecule has 0 bridgehead atoms. The molecule has 0 spiro atoms. The number of carboxylic acid groups (broad SMARTS) is 1. The van der Waals surface area contributed by atoms with Crippen LogP contribution in [0.25, 0.3) is 0 Å². The molecule has 0 unspecified atom stereocenters. The average Bonchev–Trinajstić information content (AvgIpc) is 3.22. The number of carbonyl (C=O) groups excluding carboxylic acids is 1. The van der Waals surface area contributed by atoms with Crippen molar-refractivity contribution in [3.8, 4) is 0 Å². The van der Waals surface area contributed by atoms with Crippen LogP contribution in [-0.4, -0.2) is 28.5 Å². The molecular weight excluding hydrogens is 352 g/mol. The molecule has 0 aromatic carbocycles. The number of carboxylic acids is 1. The summed E-state index contributed by atoms with van der Waals surface area (Å²) in [6.45, 7) is 2.20. The monoisotopic (exact) mass is 376 g/mol. The second-order valence-corrected chi connectivity index (χ2v) is 7.74. The van der Waals surface area contributed by atoms with Gasteiger partial charge in [0.05, 0.1) is 22.5 Å². The van der Waals surface area contributed by atoms with Gasteiger partial charge in [0.2, 0.25) is 0 Å². The van der Waals surface area contributed by atoms with Crippen LogP contribution < -0.4 is 5.32 Å². The highest BCUT2D eigenvalue weighted by Gasteiger charge is 2.21. The summed E-state index contributed by atoms with van der Waals surface area (Å²) in [4.78, 5) is 28.0. The summed E-state index contributed by atoms with van der Waals surface area (Å²) < 4.78 is 5.21.